The van der Waals surface area contributed by atoms with Crippen LogP contribution in [0.25, 0.3) is 0 Å². The molecule has 10 nitrogen and oxygen atoms in total. The third-order valence-corrected chi connectivity index (χ3v) is 10.4. The summed E-state index contributed by atoms with van der Waals surface area (Å²) in [5, 5.41) is 13.3. The quantitative estimate of drug-likeness (QED) is 0.297. The molecule has 3 fully saturated rings. The predicted octanol–water partition coefficient (Wildman–Crippen LogP) is 2.02. The molecule has 0 spiro atoms. The molecule has 40 heavy (non-hydrogen) atoms. The van der Waals surface area contributed by atoms with E-state index in [1.54, 1.807) is 0 Å². The lowest BCUT2D eigenvalue weighted by molar-refractivity contribution is -0.160. The number of ketones is 2. The average molecular weight is 577 g/mol. The van der Waals surface area contributed by atoms with Crippen LogP contribution in [0.15, 0.2) is 10.6 Å². The minimum absolute atomic E-state index is 0.00310. The molecule has 11 heteroatoms. The number of Topliss-reactive ketones (excluding diaryl/α,β-unsaturated/α-hetero) is 2. The van der Waals surface area contributed by atoms with E-state index in [1.807, 2.05) is 32.6 Å². The van der Waals surface area contributed by atoms with Gasteiger partial charge in [-0.15, -0.1) is 11.8 Å². The zero-order chi connectivity index (χ0) is 29.5. The first kappa shape index (κ1) is 30.7. The highest BCUT2D eigenvalue weighted by Crippen LogP contribution is 2.53. The normalized spacial score (nSPS) is 31.4. The van der Waals surface area contributed by atoms with Gasteiger partial charge in [-0.05, 0) is 43.9 Å². The first-order valence-corrected chi connectivity index (χ1v) is 15.4. The van der Waals surface area contributed by atoms with Gasteiger partial charge in [0.25, 0.3) is 0 Å². The molecule has 0 radical (unpaired) electrons. The number of carbonyl (C=O) groups excluding carboxylic acids is 4. The summed E-state index contributed by atoms with van der Waals surface area (Å²) in [6.07, 6.45) is 2.72. The second kappa shape index (κ2) is 12.3. The monoisotopic (exact) mass is 576 g/mol. The molecule has 0 unspecified atom stereocenters. The van der Waals surface area contributed by atoms with Gasteiger partial charge in [-0.1, -0.05) is 27.7 Å². The smallest absolute Gasteiger partial charge is 0.353 e. The van der Waals surface area contributed by atoms with Gasteiger partial charge in [0.15, 0.2) is 0 Å². The largest absolute Gasteiger partial charge is 0.477 e. The summed E-state index contributed by atoms with van der Waals surface area (Å²) in [7, 11) is 0. The summed E-state index contributed by atoms with van der Waals surface area (Å²) in [5.41, 5.74) is 6.11. The molecule has 4 aliphatic heterocycles. The number of thioether (sulfide) groups is 1. The van der Waals surface area contributed by atoms with Crippen LogP contribution in [-0.4, -0.2) is 87.3 Å². The van der Waals surface area contributed by atoms with Crippen LogP contribution in [-0.2, 0) is 24.0 Å². The highest BCUT2D eigenvalue weighted by atomic mass is 32.2. The molecular weight excluding hydrogens is 532 g/mol. The minimum Gasteiger partial charge on any atom is -0.477 e. The average Bonchev–Trinajstić information content (AvgIpc) is 3.56. The number of hydrogen-bond donors (Lipinski definition) is 3. The molecule has 4 heterocycles. The van der Waals surface area contributed by atoms with E-state index in [2.05, 4.69) is 5.32 Å². The van der Waals surface area contributed by atoms with Gasteiger partial charge in [0.1, 0.15) is 17.3 Å². The third kappa shape index (κ3) is 6.16. The van der Waals surface area contributed by atoms with E-state index in [0.717, 1.165) is 6.42 Å². The maximum absolute atomic E-state index is 13.3. The van der Waals surface area contributed by atoms with E-state index in [9.17, 15) is 29.1 Å². The number of rotatable bonds is 12. The molecule has 0 aromatic rings. The van der Waals surface area contributed by atoms with Crippen LogP contribution >= 0.6 is 11.8 Å². The first-order chi connectivity index (χ1) is 18.8. The maximum atomic E-state index is 13.3. The molecule has 4 aliphatic rings. The zero-order valence-corrected chi connectivity index (χ0v) is 25.0. The molecule has 0 aromatic heterocycles. The molecule has 8 atom stereocenters. The van der Waals surface area contributed by atoms with Gasteiger partial charge < -0.3 is 30.8 Å². The van der Waals surface area contributed by atoms with Gasteiger partial charge in [-0.3, -0.25) is 14.4 Å². The molecule has 0 bridgehead atoms. The number of aliphatic carboxylic acids is 1. The molecule has 3 saturated heterocycles. The van der Waals surface area contributed by atoms with Crippen LogP contribution < -0.4 is 11.1 Å². The standard InChI is InChI=1S/C29H44N4O6S/c1-14(2)8-20(30)22(35)10-18-6-7-32(13-18)27(36)21-11-19(12-31-21)40-26-17(5)24-23(15(3)9-16(4)34)28(37)33(24)25(26)29(38)39/h14-15,17-21,23-24,31H,6-13,30H2,1-5H3,(H,38,39)/t15-,17+,18+,19-,20+,21-,23+,24+/m0/s1. The van der Waals surface area contributed by atoms with Crippen molar-refractivity contribution in [2.24, 2.45) is 35.3 Å². The summed E-state index contributed by atoms with van der Waals surface area (Å²) < 4.78 is 0. The Hall–Kier alpha value is -2.24. The molecule has 222 valence electrons. The Morgan fingerprint density at radius 3 is 2.52 bits per heavy atom. The van der Waals surface area contributed by atoms with Gasteiger partial charge in [-0.2, -0.15) is 0 Å². The zero-order valence-electron chi connectivity index (χ0n) is 24.2. The van der Waals surface area contributed by atoms with Gasteiger partial charge in [-0.25, -0.2) is 4.79 Å². The van der Waals surface area contributed by atoms with Crippen LogP contribution in [0.4, 0.5) is 0 Å². The topological polar surface area (TPSA) is 150 Å². The number of β-lactam (4-membered cyclic amide) rings is 1. The Kier molecular flexibility index (Phi) is 9.46. The minimum atomic E-state index is -1.12. The number of carboxylic acid groups (broad SMARTS) is 1. The second-order valence-corrected chi connectivity index (χ2v) is 14.0. The number of nitrogens with one attached hydrogen (secondary N) is 1. The van der Waals surface area contributed by atoms with E-state index in [-0.39, 0.29) is 70.1 Å². The number of likely N-dealkylation sites (tertiary alicyclic amines) is 1. The van der Waals surface area contributed by atoms with E-state index < -0.39 is 12.0 Å². The van der Waals surface area contributed by atoms with Crippen molar-refractivity contribution in [1.29, 1.82) is 0 Å². The summed E-state index contributed by atoms with van der Waals surface area (Å²) in [6.45, 7) is 11.2. The van der Waals surface area contributed by atoms with Crippen molar-refractivity contribution in [2.45, 2.75) is 90.1 Å². The van der Waals surface area contributed by atoms with Crippen LogP contribution in [0.3, 0.4) is 0 Å². The van der Waals surface area contributed by atoms with Crippen molar-refractivity contribution in [3.63, 3.8) is 0 Å². The number of nitrogens with zero attached hydrogens (tertiary/aromatic N) is 2. The number of carbonyl (C=O) groups is 5. The summed E-state index contributed by atoms with van der Waals surface area (Å²) in [5.74, 6) is -1.40. The van der Waals surface area contributed by atoms with Gasteiger partial charge in [0.2, 0.25) is 11.8 Å². The number of nitrogens with two attached hydrogens (primary N) is 1. The van der Waals surface area contributed by atoms with Crippen LogP contribution in [0.1, 0.15) is 66.7 Å². The Balaban J connectivity index is 1.34. The Morgan fingerprint density at radius 1 is 1.20 bits per heavy atom. The fourth-order valence-corrected chi connectivity index (χ4v) is 8.48. The van der Waals surface area contributed by atoms with Crippen LogP contribution in [0, 0.1) is 29.6 Å². The van der Waals surface area contributed by atoms with E-state index in [1.165, 1.54) is 23.6 Å². The fourth-order valence-electron chi connectivity index (χ4n) is 7.00. The lowest BCUT2D eigenvalue weighted by Crippen LogP contribution is -2.62. The van der Waals surface area contributed by atoms with E-state index in [0.29, 0.717) is 56.1 Å². The SMILES string of the molecule is CC(=O)C[C@H](C)[C@H]1C(=O)N2C(C(=O)O)=C(S[C@@H]3CN[C@H](C(=O)N4CC[C@H](CC(=O)[C@H](N)CC(C)C)C4)C3)[C@H](C)[C@H]12. The third-order valence-electron chi connectivity index (χ3n) is 8.92. The van der Waals surface area contributed by atoms with Crippen LogP contribution in [0.5, 0.6) is 0 Å². The molecule has 2 amide bonds. The summed E-state index contributed by atoms with van der Waals surface area (Å²) >= 11 is 1.46. The lowest BCUT2D eigenvalue weighted by atomic mass is 9.73. The van der Waals surface area contributed by atoms with Crippen molar-refractivity contribution in [3.8, 4) is 0 Å². The fraction of sp³-hybridized carbons (Fsp3) is 0.759. The number of hydrogen-bond acceptors (Lipinski definition) is 8. The molecule has 0 aromatic carbocycles. The van der Waals surface area contributed by atoms with Gasteiger partial charge in [0, 0.05) is 48.5 Å². The number of carboxylic acids is 1. The molecule has 0 aliphatic carbocycles. The summed E-state index contributed by atoms with van der Waals surface area (Å²) in [4.78, 5) is 66.7. The maximum Gasteiger partial charge on any atom is 0.353 e. The molecule has 4 N–H and O–H groups in total. The summed E-state index contributed by atoms with van der Waals surface area (Å²) in [6, 6.07) is -1.06. The van der Waals surface area contributed by atoms with Crippen molar-refractivity contribution in [1.82, 2.24) is 15.1 Å². The Bertz CT molecular complexity index is 1090. The molecule has 0 saturated carbocycles. The van der Waals surface area contributed by atoms with E-state index in [4.69, 9.17) is 5.73 Å². The Morgan fingerprint density at radius 2 is 1.90 bits per heavy atom. The van der Waals surface area contributed by atoms with Crippen LogP contribution in [0.2, 0.25) is 0 Å². The highest BCUT2D eigenvalue weighted by molar-refractivity contribution is 8.03. The second-order valence-electron chi connectivity index (χ2n) is 12.7. The lowest BCUT2D eigenvalue weighted by Gasteiger charge is -2.47. The van der Waals surface area contributed by atoms with Gasteiger partial charge >= 0.3 is 5.97 Å². The molecule has 4 rings (SSSR count). The van der Waals surface area contributed by atoms with Crippen molar-refractivity contribution < 1.29 is 29.1 Å². The van der Waals surface area contributed by atoms with Crippen molar-refractivity contribution in [2.75, 3.05) is 19.6 Å². The van der Waals surface area contributed by atoms with Crippen molar-refractivity contribution in [3.05, 3.63) is 10.6 Å². The van der Waals surface area contributed by atoms with E-state index >= 15 is 0 Å². The van der Waals surface area contributed by atoms with Crippen molar-refractivity contribution >= 4 is 41.1 Å². The molecular formula is C29H44N4O6S. The predicted molar refractivity (Wildman–Crippen MR) is 152 cm³/mol. The highest BCUT2D eigenvalue weighted by Gasteiger charge is 2.60. The Labute approximate surface area is 240 Å². The number of amides is 2. The number of fused-ring (bicyclic) bond motifs is 1. The van der Waals surface area contributed by atoms with Gasteiger partial charge in [0.05, 0.1) is 24.0 Å². The first-order valence-electron chi connectivity index (χ1n) is 14.6.